The Morgan fingerprint density at radius 3 is 2.58 bits per heavy atom. The van der Waals surface area contributed by atoms with E-state index in [1.165, 1.54) is 0 Å². The SMILES string of the molecule is O=C1/C(=C\c2ccoc2)CCC/C1=C\c1ccco1. The molecular weight excluding hydrogens is 240 g/mol. The van der Waals surface area contributed by atoms with Crippen molar-refractivity contribution in [2.75, 3.05) is 0 Å². The lowest BCUT2D eigenvalue weighted by Gasteiger charge is -2.15. The number of furan rings is 2. The third kappa shape index (κ3) is 2.60. The smallest absolute Gasteiger partial charge is 0.185 e. The van der Waals surface area contributed by atoms with Gasteiger partial charge in [0, 0.05) is 16.7 Å². The minimum absolute atomic E-state index is 0.115. The van der Waals surface area contributed by atoms with Crippen molar-refractivity contribution in [2.24, 2.45) is 0 Å². The van der Waals surface area contributed by atoms with Gasteiger partial charge in [-0.25, -0.2) is 0 Å². The number of carbonyl (C=O) groups excluding carboxylic acids is 1. The molecule has 0 bridgehead atoms. The highest BCUT2D eigenvalue weighted by Gasteiger charge is 2.20. The topological polar surface area (TPSA) is 43.4 Å². The molecule has 1 aliphatic carbocycles. The highest BCUT2D eigenvalue weighted by molar-refractivity contribution is 6.13. The van der Waals surface area contributed by atoms with Crippen LogP contribution in [0.2, 0.25) is 0 Å². The molecule has 19 heavy (non-hydrogen) atoms. The molecule has 2 aromatic heterocycles. The van der Waals surface area contributed by atoms with Crippen molar-refractivity contribution in [3.05, 3.63) is 59.5 Å². The highest BCUT2D eigenvalue weighted by atomic mass is 16.3. The molecule has 0 aromatic carbocycles. The van der Waals surface area contributed by atoms with Crippen LogP contribution in [0.25, 0.3) is 12.2 Å². The summed E-state index contributed by atoms with van der Waals surface area (Å²) in [6, 6.07) is 5.53. The van der Waals surface area contributed by atoms with Gasteiger partial charge in [0.2, 0.25) is 0 Å². The summed E-state index contributed by atoms with van der Waals surface area (Å²) in [6.45, 7) is 0. The van der Waals surface area contributed by atoms with Gasteiger partial charge in [-0.2, -0.15) is 0 Å². The van der Waals surface area contributed by atoms with Crippen LogP contribution in [-0.2, 0) is 4.79 Å². The van der Waals surface area contributed by atoms with Gasteiger partial charge in [-0.15, -0.1) is 0 Å². The number of rotatable bonds is 2. The van der Waals surface area contributed by atoms with Crippen LogP contribution in [0.5, 0.6) is 0 Å². The Bertz CT molecular complexity index is 559. The van der Waals surface area contributed by atoms with E-state index in [4.69, 9.17) is 8.83 Å². The van der Waals surface area contributed by atoms with E-state index >= 15 is 0 Å². The number of hydrogen-bond donors (Lipinski definition) is 0. The van der Waals surface area contributed by atoms with Gasteiger partial charge in [-0.1, -0.05) is 0 Å². The van der Waals surface area contributed by atoms with Crippen molar-refractivity contribution in [1.82, 2.24) is 0 Å². The molecular formula is C16H14O3. The molecule has 3 heteroatoms. The van der Waals surface area contributed by atoms with Gasteiger partial charge in [0.05, 0.1) is 18.8 Å². The Labute approximate surface area is 111 Å². The molecule has 0 amide bonds. The standard InChI is InChI=1S/C16H14O3/c17-16-13(9-12-6-8-18-11-12)3-1-4-14(16)10-15-5-2-7-19-15/h2,5-11H,1,3-4H2/b13-9-,14-10+. The first-order valence-electron chi connectivity index (χ1n) is 6.34. The third-order valence-electron chi connectivity index (χ3n) is 3.22. The van der Waals surface area contributed by atoms with Crippen molar-refractivity contribution < 1.29 is 13.6 Å². The average Bonchev–Trinajstić information content (AvgIpc) is 3.07. The maximum absolute atomic E-state index is 12.4. The molecule has 1 saturated carbocycles. The molecule has 1 aliphatic rings. The Kier molecular flexibility index (Phi) is 3.19. The Balaban J connectivity index is 1.87. The average molecular weight is 254 g/mol. The number of allylic oxidation sites excluding steroid dienone is 2. The Morgan fingerprint density at radius 2 is 1.89 bits per heavy atom. The molecule has 0 N–H and O–H groups in total. The zero-order valence-electron chi connectivity index (χ0n) is 10.5. The van der Waals surface area contributed by atoms with E-state index in [1.54, 1.807) is 18.8 Å². The van der Waals surface area contributed by atoms with E-state index in [0.717, 1.165) is 41.7 Å². The molecule has 0 unspecified atom stereocenters. The van der Waals surface area contributed by atoms with Crippen LogP contribution in [0.4, 0.5) is 0 Å². The molecule has 3 nitrogen and oxygen atoms in total. The molecule has 0 atom stereocenters. The van der Waals surface area contributed by atoms with Gasteiger partial charge < -0.3 is 8.83 Å². The summed E-state index contributed by atoms with van der Waals surface area (Å²) in [6.07, 6.45) is 11.2. The summed E-state index contributed by atoms with van der Waals surface area (Å²) >= 11 is 0. The van der Waals surface area contributed by atoms with Gasteiger partial charge in [0.15, 0.2) is 5.78 Å². The van der Waals surface area contributed by atoms with Crippen LogP contribution in [0.3, 0.4) is 0 Å². The first-order chi connectivity index (χ1) is 9.33. The van der Waals surface area contributed by atoms with E-state index in [1.807, 2.05) is 30.4 Å². The third-order valence-corrected chi connectivity index (χ3v) is 3.22. The van der Waals surface area contributed by atoms with Crippen molar-refractivity contribution in [3.63, 3.8) is 0 Å². The van der Waals surface area contributed by atoms with Crippen LogP contribution < -0.4 is 0 Å². The molecule has 1 fully saturated rings. The lowest BCUT2D eigenvalue weighted by molar-refractivity contribution is -0.112. The Hall–Kier alpha value is -2.29. The van der Waals surface area contributed by atoms with Crippen LogP contribution in [0, 0.1) is 0 Å². The van der Waals surface area contributed by atoms with E-state index in [0.29, 0.717) is 0 Å². The van der Waals surface area contributed by atoms with E-state index in [2.05, 4.69) is 0 Å². The molecule has 2 heterocycles. The summed E-state index contributed by atoms with van der Waals surface area (Å²) < 4.78 is 10.3. The second-order valence-corrected chi connectivity index (χ2v) is 4.59. The second kappa shape index (κ2) is 5.14. The first kappa shape index (κ1) is 11.8. The summed E-state index contributed by atoms with van der Waals surface area (Å²) in [5, 5.41) is 0. The molecule has 0 radical (unpaired) electrons. The molecule has 0 saturated heterocycles. The predicted molar refractivity (Wildman–Crippen MR) is 72.2 cm³/mol. The Morgan fingerprint density at radius 1 is 1.05 bits per heavy atom. The normalized spacial score (nSPS) is 20.3. The number of ketones is 1. The minimum Gasteiger partial charge on any atom is -0.472 e. The fourth-order valence-electron chi connectivity index (χ4n) is 2.28. The number of hydrogen-bond acceptors (Lipinski definition) is 3. The lowest BCUT2D eigenvalue weighted by Crippen LogP contribution is -2.12. The largest absolute Gasteiger partial charge is 0.472 e. The van der Waals surface area contributed by atoms with Crippen molar-refractivity contribution in [3.8, 4) is 0 Å². The van der Waals surface area contributed by atoms with Gasteiger partial charge in [-0.3, -0.25) is 4.79 Å². The van der Waals surface area contributed by atoms with Gasteiger partial charge in [-0.05, 0) is 49.6 Å². The van der Waals surface area contributed by atoms with E-state index in [-0.39, 0.29) is 5.78 Å². The van der Waals surface area contributed by atoms with Crippen molar-refractivity contribution in [2.45, 2.75) is 19.3 Å². The summed E-state index contributed by atoms with van der Waals surface area (Å²) in [5.41, 5.74) is 2.59. The highest BCUT2D eigenvalue weighted by Crippen LogP contribution is 2.28. The molecule has 0 spiro atoms. The van der Waals surface area contributed by atoms with Crippen LogP contribution in [0.15, 0.2) is 57.0 Å². The van der Waals surface area contributed by atoms with E-state index < -0.39 is 0 Å². The minimum atomic E-state index is 0.115. The number of Topliss-reactive ketones (excluding diaryl/α,β-unsaturated/α-hetero) is 1. The maximum Gasteiger partial charge on any atom is 0.185 e. The number of carbonyl (C=O) groups is 1. The van der Waals surface area contributed by atoms with Gasteiger partial charge >= 0.3 is 0 Å². The quantitative estimate of drug-likeness (QED) is 0.758. The monoisotopic (exact) mass is 254 g/mol. The second-order valence-electron chi connectivity index (χ2n) is 4.59. The summed E-state index contributed by atoms with van der Waals surface area (Å²) in [4.78, 5) is 12.4. The zero-order chi connectivity index (χ0) is 13.1. The molecule has 0 aliphatic heterocycles. The van der Waals surface area contributed by atoms with Gasteiger partial charge in [0.25, 0.3) is 0 Å². The van der Waals surface area contributed by atoms with Crippen molar-refractivity contribution >= 4 is 17.9 Å². The lowest BCUT2D eigenvalue weighted by atomic mass is 9.87. The van der Waals surface area contributed by atoms with Crippen LogP contribution in [-0.4, -0.2) is 5.78 Å². The first-order valence-corrected chi connectivity index (χ1v) is 6.34. The van der Waals surface area contributed by atoms with Gasteiger partial charge in [0.1, 0.15) is 5.76 Å². The zero-order valence-corrected chi connectivity index (χ0v) is 10.5. The fourth-order valence-corrected chi connectivity index (χ4v) is 2.28. The van der Waals surface area contributed by atoms with Crippen LogP contribution >= 0.6 is 0 Å². The maximum atomic E-state index is 12.4. The fraction of sp³-hybridized carbons (Fsp3) is 0.188. The molecule has 2 aromatic rings. The van der Waals surface area contributed by atoms with Crippen molar-refractivity contribution in [1.29, 1.82) is 0 Å². The summed E-state index contributed by atoms with van der Waals surface area (Å²) in [5.74, 6) is 0.844. The molecule has 3 rings (SSSR count). The summed E-state index contributed by atoms with van der Waals surface area (Å²) in [7, 11) is 0. The van der Waals surface area contributed by atoms with Crippen LogP contribution in [0.1, 0.15) is 30.6 Å². The van der Waals surface area contributed by atoms with E-state index in [9.17, 15) is 4.79 Å². The predicted octanol–water partition coefficient (Wildman–Crippen LogP) is 4.09. The molecule has 96 valence electrons.